The molecule has 0 spiro atoms. The summed E-state index contributed by atoms with van der Waals surface area (Å²) in [5, 5.41) is 4.42. The van der Waals surface area contributed by atoms with Gasteiger partial charge in [-0.15, -0.1) is 0 Å². The van der Waals surface area contributed by atoms with Gasteiger partial charge in [0.15, 0.2) is 5.65 Å². The lowest BCUT2D eigenvalue weighted by molar-refractivity contribution is 0.326. The lowest BCUT2D eigenvalue weighted by Gasteiger charge is -2.17. The molecule has 0 amide bonds. The highest BCUT2D eigenvalue weighted by Crippen LogP contribution is 2.31. The summed E-state index contributed by atoms with van der Waals surface area (Å²) in [4.78, 5) is 18.8. The van der Waals surface area contributed by atoms with Gasteiger partial charge in [-0.25, -0.2) is 9.50 Å². The number of hydrogen-bond acceptors (Lipinski definition) is 3. The molecular formula is C18H18Cl2N4O. The topological polar surface area (TPSA) is 53.4 Å². The molecule has 1 aliphatic rings. The highest BCUT2D eigenvalue weighted by atomic mass is 35.5. The van der Waals surface area contributed by atoms with Crippen molar-refractivity contribution in [3.63, 3.8) is 0 Å². The van der Waals surface area contributed by atoms with Gasteiger partial charge >= 0.3 is 0 Å². The first kappa shape index (κ1) is 16.6. The summed E-state index contributed by atoms with van der Waals surface area (Å²) in [6.07, 6.45) is 1.03. The van der Waals surface area contributed by atoms with Gasteiger partial charge in [0.1, 0.15) is 0 Å². The molecule has 1 N–H and O–H groups in total. The minimum Gasteiger partial charge on any atom is -0.298 e. The molecule has 0 saturated carbocycles. The largest absolute Gasteiger partial charge is 0.298 e. The first-order valence-electron chi connectivity index (χ1n) is 8.26. The second-order valence-electron chi connectivity index (χ2n) is 6.57. The van der Waals surface area contributed by atoms with Gasteiger partial charge in [0, 0.05) is 42.5 Å². The molecule has 7 heteroatoms. The highest BCUT2D eigenvalue weighted by Gasteiger charge is 2.26. The Hall–Kier alpha value is -1.82. The fraction of sp³-hybridized carbons (Fsp3) is 0.333. The molecule has 1 saturated heterocycles. The number of nitrogens with zero attached hydrogens (tertiary/aromatic N) is 3. The Balaban J connectivity index is 1.53. The van der Waals surface area contributed by atoms with Crippen molar-refractivity contribution in [3.8, 4) is 0 Å². The zero-order valence-corrected chi connectivity index (χ0v) is 15.3. The van der Waals surface area contributed by atoms with Gasteiger partial charge in [-0.1, -0.05) is 35.3 Å². The number of hydrogen-bond donors (Lipinski definition) is 1. The molecule has 5 nitrogen and oxygen atoms in total. The van der Waals surface area contributed by atoms with Crippen molar-refractivity contribution in [1.29, 1.82) is 0 Å². The molecule has 1 atom stereocenters. The van der Waals surface area contributed by atoms with Crippen LogP contribution in [0.15, 0.2) is 35.1 Å². The van der Waals surface area contributed by atoms with E-state index in [9.17, 15) is 4.79 Å². The SMILES string of the molecule is Cc1cc(=O)n2[nH]c(C3CCN(Cc4cccc(Cl)c4Cl)C3)cc2n1. The summed E-state index contributed by atoms with van der Waals surface area (Å²) in [6, 6.07) is 9.26. The number of aromatic amines is 1. The maximum atomic E-state index is 12.1. The number of H-pyrrole nitrogens is 1. The number of fused-ring (bicyclic) bond motifs is 1. The molecule has 1 unspecified atom stereocenters. The minimum absolute atomic E-state index is 0.0747. The number of benzene rings is 1. The van der Waals surface area contributed by atoms with Crippen LogP contribution < -0.4 is 5.56 Å². The van der Waals surface area contributed by atoms with Crippen LogP contribution in [0.3, 0.4) is 0 Å². The van der Waals surface area contributed by atoms with Gasteiger partial charge in [-0.3, -0.25) is 14.8 Å². The molecule has 0 bridgehead atoms. The van der Waals surface area contributed by atoms with Crippen molar-refractivity contribution in [3.05, 3.63) is 67.7 Å². The van der Waals surface area contributed by atoms with Crippen LogP contribution in [0.2, 0.25) is 10.0 Å². The standard InChI is InChI=1S/C18H18Cl2N4O/c1-11-7-17(25)24-16(21-11)8-15(22-24)12-5-6-23(9-12)10-13-3-2-4-14(19)18(13)20/h2-4,7-8,12,22H,5-6,9-10H2,1H3. The third-order valence-electron chi connectivity index (χ3n) is 4.74. The number of halogens is 2. The van der Waals surface area contributed by atoms with Crippen LogP contribution in [0.5, 0.6) is 0 Å². The fourth-order valence-electron chi connectivity index (χ4n) is 3.48. The van der Waals surface area contributed by atoms with Gasteiger partial charge in [0.2, 0.25) is 0 Å². The zero-order chi connectivity index (χ0) is 17.6. The molecule has 25 heavy (non-hydrogen) atoms. The molecule has 0 radical (unpaired) electrons. The van der Waals surface area contributed by atoms with E-state index in [1.807, 2.05) is 25.1 Å². The van der Waals surface area contributed by atoms with Gasteiger partial charge < -0.3 is 0 Å². The van der Waals surface area contributed by atoms with E-state index in [0.29, 0.717) is 21.6 Å². The quantitative estimate of drug-likeness (QED) is 0.759. The zero-order valence-electron chi connectivity index (χ0n) is 13.8. The third kappa shape index (κ3) is 3.19. The lowest BCUT2D eigenvalue weighted by Crippen LogP contribution is -2.20. The van der Waals surface area contributed by atoms with Crippen LogP contribution in [0.25, 0.3) is 5.65 Å². The van der Waals surface area contributed by atoms with Crippen LogP contribution >= 0.6 is 23.2 Å². The number of rotatable bonds is 3. The van der Waals surface area contributed by atoms with Crippen molar-refractivity contribution >= 4 is 28.8 Å². The van der Waals surface area contributed by atoms with Crippen LogP contribution in [-0.4, -0.2) is 32.6 Å². The van der Waals surface area contributed by atoms with E-state index in [2.05, 4.69) is 15.0 Å². The summed E-state index contributed by atoms with van der Waals surface area (Å²) < 4.78 is 1.51. The smallest absolute Gasteiger partial charge is 0.272 e. The Kier molecular flexibility index (Phi) is 4.31. The van der Waals surface area contributed by atoms with E-state index in [-0.39, 0.29) is 5.56 Å². The first-order valence-corrected chi connectivity index (χ1v) is 9.01. The molecule has 4 rings (SSSR count). The van der Waals surface area contributed by atoms with Crippen LogP contribution in [-0.2, 0) is 6.54 Å². The van der Waals surface area contributed by atoms with E-state index in [1.54, 1.807) is 6.07 Å². The second kappa shape index (κ2) is 6.48. The summed E-state index contributed by atoms with van der Waals surface area (Å²) in [5.74, 6) is 0.347. The van der Waals surface area contributed by atoms with E-state index in [4.69, 9.17) is 23.2 Å². The Morgan fingerprint density at radius 1 is 1.32 bits per heavy atom. The molecule has 130 valence electrons. The van der Waals surface area contributed by atoms with E-state index in [1.165, 1.54) is 10.6 Å². The number of aryl methyl sites for hydroxylation is 1. The van der Waals surface area contributed by atoms with E-state index in [0.717, 1.165) is 43.0 Å². The summed E-state index contributed by atoms with van der Waals surface area (Å²) >= 11 is 12.4. The van der Waals surface area contributed by atoms with Crippen LogP contribution in [0.4, 0.5) is 0 Å². The monoisotopic (exact) mass is 376 g/mol. The summed E-state index contributed by atoms with van der Waals surface area (Å²) in [5.41, 5.74) is 3.43. The predicted molar refractivity (Wildman–Crippen MR) is 99.6 cm³/mol. The number of aromatic nitrogens is 3. The molecular weight excluding hydrogens is 359 g/mol. The van der Waals surface area contributed by atoms with Crippen LogP contribution in [0, 0.1) is 6.92 Å². The molecule has 1 aliphatic heterocycles. The van der Waals surface area contributed by atoms with Gasteiger partial charge in [0.05, 0.1) is 10.0 Å². The number of likely N-dealkylation sites (tertiary alicyclic amines) is 1. The maximum absolute atomic E-state index is 12.1. The van der Waals surface area contributed by atoms with Crippen LogP contribution in [0.1, 0.15) is 29.3 Å². The average molecular weight is 377 g/mol. The molecule has 3 aromatic rings. The first-order chi connectivity index (χ1) is 12.0. The van der Waals surface area contributed by atoms with Crippen molar-refractivity contribution in [2.75, 3.05) is 13.1 Å². The van der Waals surface area contributed by atoms with Crippen molar-refractivity contribution in [1.82, 2.24) is 19.5 Å². The molecule has 2 aromatic heterocycles. The Morgan fingerprint density at radius 2 is 2.16 bits per heavy atom. The van der Waals surface area contributed by atoms with Crippen molar-refractivity contribution in [2.24, 2.45) is 0 Å². The average Bonchev–Trinajstić information content (AvgIpc) is 3.18. The predicted octanol–water partition coefficient (Wildman–Crippen LogP) is 3.63. The number of nitrogens with one attached hydrogen (secondary N) is 1. The van der Waals surface area contributed by atoms with Gasteiger partial charge in [-0.2, -0.15) is 0 Å². The maximum Gasteiger partial charge on any atom is 0.272 e. The fourth-order valence-corrected chi connectivity index (χ4v) is 3.86. The lowest BCUT2D eigenvalue weighted by atomic mass is 10.1. The van der Waals surface area contributed by atoms with Gasteiger partial charge in [-0.05, 0) is 31.5 Å². The Morgan fingerprint density at radius 3 is 3.00 bits per heavy atom. The third-order valence-corrected chi connectivity index (χ3v) is 5.59. The van der Waals surface area contributed by atoms with E-state index >= 15 is 0 Å². The minimum atomic E-state index is -0.0747. The summed E-state index contributed by atoms with van der Waals surface area (Å²) in [6.45, 7) is 4.49. The molecule has 1 fully saturated rings. The molecule has 1 aromatic carbocycles. The normalized spacial score (nSPS) is 18.3. The Labute approximate surface area is 155 Å². The highest BCUT2D eigenvalue weighted by molar-refractivity contribution is 6.42. The summed E-state index contributed by atoms with van der Waals surface area (Å²) in [7, 11) is 0. The molecule has 0 aliphatic carbocycles. The van der Waals surface area contributed by atoms with Gasteiger partial charge in [0.25, 0.3) is 5.56 Å². The molecule has 3 heterocycles. The second-order valence-corrected chi connectivity index (χ2v) is 7.36. The van der Waals surface area contributed by atoms with Crippen molar-refractivity contribution in [2.45, 2.75) is 25.8 Å². The Bertz CT molecular complexity index is 994. The van der Waals surface area contributed by atoms with E-state index < -0.39 is 0 Å². The van der Waals surface area contributed by atoms with Crippen molar-refractivity contribution < 1.29 is 0 Å².